The SMILES string of the molecule is COc1cn2ccnc2cc1-c1cc2c(cc1C(F)F)N(c1nn(C3CCN(C[C@H]4CCN(c5cccc(N6CCC(=O)NC6=O)c5C)C4)CC3)c3c1CN(C(C)=O)CC3)CCC2. The number of pyridine rings is 1. The smallest absolute Gasteiger partial charge is 0.328 e. The molecule has 2 aromatic carbocycles. The normalized spacial score (nSPS) is 19.9. The second-order valence-electron chi connectivity index (χ2n) is 17.8. The third kappa shape index (κ3) is 7.55. The Balaban J connectivity index is 0.875. The molecule has 5 aliphatic rings. The van der Waals surface area contributed by atoms with Gasteiger partial charge >= 0.3 is 6.03 Å². The molecule has 330 valence electrons. The van der Waals surface area contributed by atoms with Crippen LogP contribution in [0.4, 0.5) is 36.5 Å². The summed E-state index contributed by atoms with van der Waals surface area (Å²) in [5, 5.41) is 7.84. The number of hydrogen-bond acceptors (Lipinski definition) is 9. The van der Waals surface area contributed by atoms with Gasteiger partial charge in [0.1, 0.15) is 11.4 Å². The summed E-state index contributed by atoms with van der Waals surface area (Å²) in [5.74, 6) is 1.55. The van der Waals surface area contributed by atoms with E-state index in [0.29, 0.717) is 67.5 Å². The molecule has 0 radical (unpaired) electrons. The molecule has 63 heavy (non-hydrogen) atoms. The number of methoxy groups -OCH3 is 1. The number of halogens is 2. The molecule has 1 N–H and O–H groups in total. The third-order valence-corrected chi connectivity index (χ3v) is 14.0. The third-order valence-electron chi connectivity index (χ3n) is 14.0. The number of carbonyl (C=O) groups excluding carboxylic acids is 3. The lowest BCUT2D eigenvalue weighted by Crippen LogP contribution is -2.49. The van der Waals surface area contributed by atoms with Crippen molar-refractivity contribution in [2.45, 2.75) is 77.8 Å². The fraction of sp³-hybridized carbons (Fsp3) is 0.468. The molecule has 14 nitrogen and oxygen atoms in total. The van der Waals surface area contributed by atoms with E-state index in [4.69, 9.17) is 9.84 Å². The number of rotatable bonds is 9. The number of aromatic nitrogens is 4. The quantitative estimate of drug-likeness (QED) is 0.166. The molecule has 0 saturated carbocycles. The minimum atomic E-state index is -2.73. The van der Waals surface area contributed by atoms with Crippen LogP contribution in [0.2, 0.25) is 0 Å². The monoisotopic (exact) mass is 860 g/mol. The molecular formula is C47H54F2N10O4. The first-order valence-electron chi connectivity index (χ1n) is 22.3. The van der Waals surface area contributed by atoms with Crippen LogP contribution < -0.4 is 24.8 Å². The number of nitrogens with zero attached hydrogens (tertiary/aromatic N) is 9. The minimum absolute atomic E-state index is 0.0140. The second-order valence-corrected chi connectivity index (χ2v) is 17.8. The van der Waals surface area contributed by atoms with Gasteiger partial charge in [-0.2, -0.15) is 5.10 Å². The molecule has 5 aromatic rings. The molecule has 3 fully saturated rings. The van der Waals surface area contributed by atoms with Crippen molar-refractivity contribution in [3.63, 3.8) is 0 Å². The van der Waals surface area contributed by atoms with Crippen LogP contribution in [-0.4, -0.2) is 106 Å². The van der Waals surface area contributed by atoms with Crippen LogP contribution in [0, 0.1) is 12.8 Å². The molecule has 1 atom stereocenters. The molecule has 0 unspecified atom stereocenters. The van der Waals surface area contributed by atoms with E-state index in [1.165, 1.54) is 0 Å². The molecule has 16 heteroatoms. The number of anilines is 4. The maximum atomic E-state index is 15.2. The summed E-state index contributed by atoms with van der Waals surface area (Å²) < 4.78 is 40.1. The van der Waals surface area contributed by atoms with Gasteiger partial charge in [0.25, 0.3) is 6.43 Å². The molecule has 10 rings (SSSR count). The summed E-state index contributed by atoms with van der Waals surface area (Å²) in [6.45, 7) is 10.5. The highest BCUT2D eigenvalue weighted by atomic mass is 19.3. The van der Waals surface area contributed by atoms with Crippen molar-refractivity contribution >= 4 is 46.4 Å². The Morgan fingerprint density at radius 2 is 1.76 bits per heavy atom. The standard InChI is InChI=1S/C47H54F2N10O4/c1-29-38(7-4-8-39(29)58-20-13-44(61)51-47(58)62)55-18-9-31(26-55)25-53-16-10-33(11-17-53)59-40-12-19-54(30(2)60)27-37(40)46(52-59)57-15-5-6-32-22-34(36(45(48)49)23-41(32)57)35-24-43-50-14-21-56(43)28-42(35)63-3/h4,7-8,14,21-24,28,31,33,45H,5-6,9-13,15-20,25-27H2,1-3H3,(H,51,61,62)/t31-/m1/s1. The number of amides is 4. The fourth-order valence-electron chi connectivity index (χ4n) is 10.8. The highest BCUT2D eigenvalue weighted by Gasteiger charge is 2.36. The van der Waals surface area contributed by atoms with Gasteiger partial charge in [0.05, 0.1) is 31.6 Å². The number of imide groups is 1. The molecule has 3 saturated heterocycles. The number of ether oxygens (including phenoxy) is 1. The van der Waals surface area contributed by atoms with Crippen LogP contribution >= 0.6 is 0 Å². The second kappa shape index (κ2) is 16.6. The number of aryl methyl sites for hydroxylation is 1. The van der Waals surface area contributed by atoms with Crippen LogP contribution in [-0.2, 0) is 29.0 Å². The van der Waals surface area contributed by atoms with Crippen molar-refractivity contribution in [3.8, 4) is 16.9 Å². The van der Waals surface area contributed by atoms with E-state index in [9.17, 15) is 14.4 Å². The highest BCUT2D eigenvalue weighted by Crippen LogP contribution is 2.46. The molecule has 0 aliphatic carbocycles. The Labute approximate surface area is 365 Å². The number of hydrogen-bond donors (Lipinski definition) is 1. The summed E-state index contributed by atoms with van der Waals surface area (Å²) in [5.41, 5.74) is 8.50. The predicted octanol–water partition coefficient (Wildman–Crippen LogP) is 7.05. The maximum absolute atomic E-state index is 15.2. The van der Waals surface area contributed by atoms with Gasteiger partial charge in [-0.05, 0) is 92.0 Å². The number of likely N-dealkylation sites (tertiary alicyclic amines) is 1. The number of nitrogens with one attached hydrogen (secondary N) is 1. The summed E-state index contributed by atoms with van der Waals surface area (Å²) in [6.07, 6.45) is 8.05. The van der Waals surface area contributed by atoms with E-state index >= 15 is 8.78 Å². The lowest BCUT2D eigenvalue weighted by molar-refractivity contribution is -0.129. The van der Waals surface area contributed by atoms with Crippen LogP contribution in [0.25, 0.3) is 16.8 Å². The first kappa shape index (κ1) is 41.0. The molecular weight excluding hydrogens is 807 g/mol. The van der Waals surface area contributed by atoms with Gasteiger partial charge in [-0.3, -0.25) is 24.5 Å². The van der Waals surface area contributed by atoms with Crippen LogP contribution in [0.5, 0.6) is 5.75 Å². The molecule has 8 heterocycles. The van der Waals surface area contributed by atoms with E-state index in [2.05, 4.69) is 42.7 Å². The Morgan fingerprint density at radius 3 is 2.54 bits per heavy atom. The Kier molecular flexibility index (Phi) is 10.8. The molecule has 0 spiro atoms. The Bertz CT molecular complexity index is 2600. The zero-order valence-electron chi connectivity index (χ0n) is 36.2. The van der Waals surface area contributed by atoms with Gasteiger partial charge in [-0.15, -0.1) is 0 Å². The lowest BCUT2D eigenvalue weighted by atomic mass is 9.91. The summed E-state index contributed by atoms with van der Waals surface area (Å²) in [6, 6.07) is 11.3. The number of carbonyl (C=O) groups is 3. The zero-order valence-corrected chi connectivity index (χ0v) is 36.2. The molecule has 3 aromatic heterocycles. The van der Waals surface area contributed by atoms with Crippen molar-refractivity contribution in [3.05, 3.63) is 82.9 Å². The van der Waals surface area contributed by atoms with E-state index in [-0.39, 0.29) is 29.5 Å². The van der Waals surface area contributed by atoms with Gasteiger partial charge in [-0.25, -0.2) is 18.6 Å². The van der Waals surface area contributed by atoms with Crippen LogP contribution in [0.3, 0.4) is 0 Å². The van der Waals surface area contributed by atoms with Crippen LogP contribution in [0.15, 0.2) is 55.0 Å². The van der Waals surface area contributed by atoms with Gasteiger partial charge in [0, 0.05) is 118 Å². The minimum Gasteiger partial charge on any atom is -0.495 e. The first-order valence-corrected chi connectivity index (χ1v) is 22.3. The average Bonchev–Trinajstić information content (AvgIpc) is 4.04. The van der Waals surface area contributed by atoms with Gasteiger partial charge in [-0.1, -0.05) is 6.07 Å². The number of alkyl halides is 2. The highest BCUT2D eigenvalue weighted by molar-refractivity contribution is 6.06. The van der Waals surface area contributed by atoms with Crippen molar-refractivity contribution in [2.75, 3.05) is 74.2 Å². The largest absolute Gasteiger partial charge is 0.495 e. The van der Waals surface area contributed by atoms with E-state index in [0.717, 1.165) is 110 Å². The van der Waals surface area contributed by atoms with Crippen molar-refractivity contribution in [1.82, 2.24) is 34.3 Å². The molecule has 5 aliphatic heterocycles. The molecule has 0 bridgehead atoms. The topological polar surface area (TPSA) is 124 Å². The Morgan fingerprint density at radius 1 is 0.937 bits per heavy atom. The van der Waals surface area contributed by atoms with Crippen LogP contribution in [0.1, 0.15) is 79.4 Å². The van der Waals surface area contributed by atoms with E-state index in [1.807, 2.05) is 27.5 Å². The van der Waals surface area contributed by atoms with Crippen molar-refractivity contribution in [1.29, 1.82) is 0 Å². The Hall–Kier alpha value is -6.03. The summed E-state index contributed by atoms with van der Waals surface area (Å²) >= 11 is 0. The first-order chi connectivity index (χ1) is 30.5. The van der Waals surface area contributed by atoms with E-state index in [1.54, 1.807) is 49.7 Å². The summed E-state index contributed by atoms with van der Waals surface area (Å²) in [4.78, 5) is 52.3. The summed E-state index contributed by atoms with van der Waals surface area (Å²) in [7, 11) is 1.55. The number of urea groups is 1. The van der Waals surface area contributed by atoms with Crippen molar-refractivity contribution < 1.29 is 27.9 Å². The van der Waals surface area contributed by atoms with Gasteiger partial charge in [0.15, 0.2) is 5.82 Å². The predicted molar refractivity (Wildman–Crippen MR) is 236 cm³/mol. The zero-order chi connectivity index (χ0) is 43.5. The number of benzene rings is 2. The number of imidazole rings is 1. The van der Waals surface area contributed by atoms with Crippen molar-refractivity contribution in [2.24, 2.45) is 5.92 Å². The van der Waals surface area contributed by atoms with Gasteiger partial charge in [0.2, 0.25) is 11.8 Å². The average molecular weight is 861 g/mol. The maximum Gasteiger partial charge on any atom is 0.328 e. The number of piperidine rings is 1. The van der Waals surface area contributed by atoms with E-state index < -0.39 is 6.43 Å². The molecule has 4 amide bonds. The fourth-order valence-corrected chi connectivity index (χ4v) is 10.8. The lowest BCUT2D eigenvalue weighted by Gasteiger charge is -2.35. The van der Waals surface area contributed by atoms with Gasteiger partial charge < -0.3 is 28.7 Å². The number of fused-ring (bicyclic) bond motifs is 3.